The number of phosphoric acid groups is 1. The molecule has 1 aromatic heterocycles. The zero-order valence-electron chi connectivity index (χ0n) is 12.8. The van der Waals surface area contributed by atoms with E-state index < -0.39 is 7.82 Å². The van der Waals surface area contributed by atoms with E-state index in [-0.39, 0.29) is 12.4 Å². The average Bonchev–Trinajstić information content (AvgIpc) is 2.51. The van der Waals surface area contributed by atoms with E-state index in [4.69, 9.17) is 9.79 Å². The summed E-state index contributed by atoms with van der Waals surface area (Å²) >= 11 is 0. The summed E-state index contributed by atoms with van der Waals surface area (Å²) < 4.78 is 15.4. The van der Waals surface area contributed by atoms with Crippen molar-refractivity contribution in [2.75, 3.05) is 0 Å². The second-order valence-corrected chi connectivity index (χ2v) is 6.33. The molecule has 0 fully saturated rings. The van der Waals surface area contributed by atoms with Crippen molar-refractivity contribution in [3.63, 3.8) is 0 Å². The molecule has 0 aliphatic rings. The van der Waals surface area contributed by atoms with Crippen molar-refractivity contribution in [3.05, 3.63) is 58.9 Å². The monoisotopic (exact) mass is 335 g/mol. The maximum atomic E-state index is 10.9. The van der Waals surface area contributed by atoms with Gasteiger partial charge in [-0.1, -0.05) is 30.3 Å². The van der Waals surface area contributed by atoms with Gasteiger partial charge in [-0.15, -0.1) is 0 Å². The zero-order chi connectivity index (χ0) is 17.0. The molecule has 3 N–H and O–H groups in total. The normalized spacial score (nSPS) is 12.4. The van der Waals surface area contributed by atoms with Gasteiger partial charge in [-0.25, -0.2) is 4.57 Å². The molecule has 1 aromatic carbocycles. The molecular formula is C16H18NO5P. The molecular weight excluding hydrogens is 317 g/mol. The fourth-order valence-corrected chi connectivity index (χ4v) is 2.39. The predicted molar refractivity (Wildman–Crippen MR) is 87.5 cm³/mol. The van der Waals surface area contributed by atoms with Crippen molar-refractivity contribution < 1.29 is 24.0 Å². The molecule has 23 heavy (non-hydrogen) atoms. The minimum Gasteiger partial charge on any atom is -0.505 e. The molecule has 122 valence electrons. The minimum absolute atomic E-state index is 0.0351. The Morgan fingerprint density at radius 1 is 1.30 bits per heavy atom. The molecule has 0 aliphatic carbocycles. The Labute approximate surface area is 134 Å². The SMILES string of the molecule is CC(=Cc1c(COP(=O)(O)O)cnc(C)c1O)c1ccccc1. The average molecular weight is 335 g/mol. The lowest BCUT2D eigenvalue weighted by Gasteiger charge is -2.12. The second-order valence-electron chi connectivity index (χ2n) is 5.09. The number of benzene rings is 1. The van der Waals surface area contributed by atoms with E-state index in [9.17, 15) is 9.67 Å². The van der Waals surface area contributed by atoms with Crippen molar-refractivity contribution in [2.45, 2.75) is 20.5 Å². The lowest BCUT2D eigenvalue weighted by molar-refractivity contribution is 0.188. The largest absolute Gasteiger partial charge is 0.505 e. The van der Waals surface area contributed by atoms with Crippen LogP contribution in [0.15, 0.2) is 36.5 Å². The quantitative estimate of drug-likeness (QED) is 0.725. The van der Waals surface area contributed by atoms with Gasteiger partial charge in [-0.3, -0.25) is 9.51 Å². The Kier molecular flexibility index (Phi) is 5.34. The molecule has 2 rings (SSSR count). The number of rotatable bonds is 5. The van der Waals surface area contributed by atoms with Crippen LogP contribution < -0.4 is 0 Å². The van der Waals surface area contributed by atoms with Crippen LogP contribution in [0.25, 0.3) is 11.6 Å². The lowest BCUT2D eigenvalue weighted by Crippen LogP contribution is -1.98. The first-order chi connectivity index (χ1) is 10.8. The number of aromatic hydroxyl groups is 1. The highest BCUT2D eigenvalue weighted by atomic mass is 31.2. The van der Waals surface area contributed by atoms with Gasteiger partial charge in [0.25, 0.3) is 0 Å². The molecule has 0 aliphatic heterocycles. The van der Waals surface area contributed by atoms with Crippen molar-refractivity contribution in [1.29, 1.82) is 0 Å². The number of aromatic nitrogens is 1. The van der Waals surface area contributed by atoms with Crippen LogP contribution in [-0.2, 0) is 15.7 Å². The molecule has 0 saturated carbocycles. The Morgan fingerprint density at radius 2 is 1.96 bits per heavy atom. The van der Waals surface area contributed by atoms with Crippen molar-refractivity contribution in [2.24, 2.45) is 0 Å². The van der Waals surface area contributed by atoms with Crippen molar-refractivity contribution >= 4 is 19.5 Å². The Balaban J connectivity index is 2.43. The van der Waals surface area contributed by atoms with Crippen LogP contribution in [0.2, 0.25) is 0 Å². The zero-order valence-corrected chi connectivity index (χ0v) is 13.7. The first kappa shape index (κ1) is 17.4. The van der Waals surface area contributed by atoms with Crippen molar-refractivity contribution in [1.82, 2.24) is 4.98 Å². The van der Waals surface area contributed by atoms with Gasteiger partial charge in [-0.2, -0.15) is 0 Å². The predicted octanol–water partition coefficient (Wildman–Crippen LogP) is 3.27. The van der Waals surface area contributed by atoms with Crippen LogP contribution in [0, 0.1) is 6.92 Å². The summed E-state index contributed by atoms with van der Waals surface area (Å²) in [7, 11) is -4.60. The molecule has 0 radical (unpaired) electrons. The molecule has 0 saturated heterocycles. The summed E-state index contributed by atoms with van der Waals surface area (Å²) in [5.41, 5.74) is 3.13. The molecule has 7 heteroatoms. The van der Waals surface area contributed by atoms with E-state index in [1.807, 2.05) is 37.3 Å². The number of hydrogen-bond acceptors (Lipinski definition) is 4. The van der Waals surface area contributed by atoms with Gasteiger partial charge in [-0.05, 0) is 31.1 Å². The van der Waals surface area contributed by atoms with Crippen LogP contribution in [-0.4, -0.2) is 19.9 Å². The van der Waals surface area contributed by atoms with E-state index in [0.717, 1.165) is 11.1 Å². The first-order valence-electron chi connectivity index (χ1n) is 6.89. The third-order valence-electron chi connectivity index (χ3n) is 3.34. The molecule has 6 nitrogen and oxygen atoms in total. The number of pyridine rings is 1. The van der Waals surface area contributed by atoms with Crippen LogP contribution in [0.4, 0.5) is 0 Å². The third-order valence-corrected chi connectivity index (χ3v) is 3.80. The van der Waals surface area contributed by atoms with Crippen LogP contribution >= 0.6 is 7.82 Å². The van der Waals surface area contributed by atoms with Gasteiger partial charge in [0, 0.05) is 17.3 Å². The van der Waals surface area contributed by atoms with E-state index in [1.54, 1.807) is 13.0 Å². The number of nitrogens with zero attached hydrogens (tertiary/aromatic N) is 1. The Hall–Kier alpha value is -1.98. The molecule has 0 atom stereocenters. The van der Waals surface area contributed by atoms with E-state index in [1.165, 1.54) is 6.20 Å². The molecule has 0 bridgehead atoms. The summed E-state index contributed by atoms with van der Waals surface area (Å²) in [4.78, 5) is 21.7. The molecule has 0 spiro atoms. The highest BCUT2D eigenvalue weighted by Crippen LogP contribution is 2.38. The number of aryl methyl sites for hydroxylation is 1. The summed E-state index contributed by atoms with van der Waals surface area (Å²) in [5.74, 6) is -0.0351. The van der Waals surface area contributed by atoms with Crippen LogP contribution in [0.3, 0.4) is 0 Å². The van der Waals surface area contributed by atoms with Crippen LogP contribution in [0.5, 0.6) is 5.75 Å². The highest BCUT2D eigenvalue weighted by molar-refractivity contribution is 7.46. The van der Waals surface area contributed by atoms with E-state index >= 15 is 0 Å². The number of phosphoric ester groups is 1. The minimum atomic E-state index is -4.60. The lowest BCUT2D eigenvalue weighted by atomic mass is 10.0. The van der Waals surface area contributed by atoms with E-state index in [2.05, 4.69) is 9.51 Å². The standard InChI is InChI=1S/C16H18NO5P/c1-11(13-6-4-3-5-7-13)8-15-14(10-22-23(19,20)21)9-17-12(2)16(15)18/h3-9,18H,10H2,1-2H3,(H2,19,20,21). The van der Waals surface area contributed by atoms with Gasteiger partial charge >= 0.3 is 7.82 Å². The number of allylic oxidation sites excluding steroid dienone is 1. The summed E-state index contributed by atoms with van der Waals surface area (Å²) in [6, 6.07) is 9.58. The van der Waals surface area contributed by atoms with Gasteiger partial charge in [0.1, 0.15) is 5.75 Å². The Morgan fingerprint density at radius 3 is 2.57 bits per heavy atom. The molecule has 0 amide bonds. The Bertz CT molecular complexity index is 768. The van der Waals surface area contributed by atoms with Crippen LogP contribution in [0.1, 0.15) is 29.3 Å². The molecule has 0 unspecified atom stereocenters. The van der Waals surface area contributed by atoms with E-state index in [0.29, 0.717) is 16.8 Å². The summed E-state index contributed by atoms with van der Waals surface area (Å²) in [5, 5.41) is 10.2. The van der Waals surface area contributed by atoms with Gasteiger partial charge < -0.3 is 14.9 Å². The maximum absolute atomic E-state index is 10.9. The second kappa shape index (κ2) is 7.06. The summed E-state index contributed by atoms with van der Waals surface area (Å²) in [6.45, 7) is 3.19. The first-order valence-corrected chi connectivity index (χ1v) is 8.42. The van der Waals surface area contributed by atoms with Gasteiger partial charge in [0.05, 0.1) is 12.3 Å². The topological polar surface area (TPSA) is 99.9 Å². The smallest absolute Gasteiger partial charge is 0.469 e. The molecule has 1 heterocycles. The molecule has 2 aromatic rings. The summed E-state index contributed by atoms with van der Waals surface area (Å²) in [6.07, 6.45) is 3.19. The highest BCUT2D eigenvalue weighted by Gasteiger charge is 2.17. The number of hydrogen-bond donors (Lipinski definition) is 3. The fourth-order valence-electron chi connectivity index (χ4n) is 2.08. The third kappa shape index (κ3) is 4.74. The fraction of sp³-hybridized carbons (Fsp3) is 0.188. The van der Waals surface area contributed by atoms with Crippen molar-refractivity contribution in [3.8, 4) is 5.75 Å². The van der Waals surface area contributed by atoms with Gasteiger partial charge in [0.15, 0.2) is 0 Å². The maximum Gasteiger partial charge on any atom is 0.469 e. The van der Waals surface area contributed by atoms with Gasteiger partial charge in [0.2, 0.25) is 0 Å².